The minimum Gasteiger partial charge on any atom is -0.409 e. The molecule has 0 amide bonds. The first-order valence-electron chi connectivity index (χ1n) is 5.15. The normalized spacial score (nSPS) is 24.2. The standard InChI is InChI=1S/C8H18N4O3S/c1-6(2)11-16(14,15)12-5-3-4-7(12)8(9)10-13/h6-7,11,13H,3-5H2,1-2H3,(H2,9,10). The summed E-state index contributed by atoms with van der Waals surface area (Å²) in [4.78, 5) is 0. The maximum atomic E-state index is 11.9. The quantitative estimate of drug-likeness (QED) is 0.269. The monoisotopic (exact) mass is 250 g/mol. The van der Waals surface area contributed by atoms with Gasteiger partial charge in [0.05, 0.1) is 6.04 Å². The molecule has 1 atom stereocenters. The first-order valence-corrected chi connectivity index (χ1v) is 6.59. The molecule has 0 radical (unpaired) electrons. The number of amidine groups is 1. The lowest BCUT2D eigenvalue weighted by Gasteiger charge is -2.24. The van der Waals surface area contributed by atoms with Gasteiger partial charge >= 0.3 is 0 Å². The van der Waals surface area contributed by atoms with Gasteiger partial charge in [-0.1, -0.05) is 5.16 Å². The Balaban J connectivity index is 2.87. The Hall–Kier alpha value is -0.860. The van der Waals surface area contributed by atoms with E-state index in [-0.39, 0.29) is 11.9 Å². The van der Waals surface area contributed by atoms with Crippen molar-refractivity contribution >= 4 is 16.0 Å². The Kier molecular flexibility index (Phi) is 4.11. The SMILES string of the molecule is CC(C)NS(=O)(=O)N1CCCC1C(N)=NO. The van der Waals surface area contributed by atoms with Crippen molar-refractivity contribution in [2.24, 2.45) is 10.9 Å². The van der Waals surface area contributed by atoms with Gasteiger partial charge in [0.2, 0.25) is 0 Å². The summed E-state index contributed by atoms with van der Waals surface area (Å²) in [7, 11) is -3.55. The zero-order valence-corrected chi connectivity index (χ0v) is 10.2. The summed E-state index contributed by atoms with van der Waals surface area (Å²) in [5.41, 5.74) is 5.46. The Morgan fingerprint density at radius 1 is 1.62 bits per heavy atom. The highest BCUT2D eigenvalue weighted by Gasteiger charge is 2.36. The fourth-order valence-corrected chi connectivity index (χ4v) is 3.40. The highest BCUT2D eigenvalue weighted by Crippen LogP contribution is 2.20. The molecule has 0 aromatic carbocycles. The Morgan fingerprint density at radius 3 is 2.75 bits per heavy atom. The lowest BCUT2D eigenvalue weighted by molar-refractivity contribution is 0.311. The number of oxime groups is 1. The van der Waals surface area contributed by atoms with Crippen LogP contribution in [0.2, 0.25) is 0 Å². The molecule has 1 fully saturated rings. The van der Waals surface area contributed by atoms with Crippen LogP contribution in [0.1, 0.15) is 26.7 Å². The molecule has 16 heavy (non-hydrogen) atoms. The molecule has 1 saturated heterocycles. The van der Waals surface area contributed by atoms with E-state index >= 15 is 0 Å². The zero-order chi connectivity index (χ0) is 12.3. The van der Waals surface area contributed by atoms with Gasteiger partial charge in [0, 0.05) is 12.6 Å². The summed E-state index contributed by atoms with van der Waals surface area (Å²) >= 11 is 0. The van der Waals surface area contributed by atoms with Crippen LogP contribution in [0.3, 0.4) is 0 Å². The molecule has 1 heterocycles. The van der Waals surface area contributed by atoms with Crippen molar-refractivity contribution in [1.82, 2.24) is 9.03 Å². The maximum absolute atomic E-state index is 11.9. The van der Waals surface area contributed by atoms with E-state index < -0.39 is 16.3 Å². The molecular weight excluding hydrogens is 232 g/mol. The number of nitrogens with zero attached hydrogens (tertiary/aromatic N) is 2. The van der Waals surface area contributed by atoms with Gasteiger partial charge in [-0.2, -0.15) is 17.4 Å². The summed E-state index contributed by atoms with van der Waals surface area (Å²) in [5.74, 6) is -0.0633. The average molecular weight is 250 g/mol. The molecular formula is C8H18N4O3S. The van der Waals surface area contributed by atoms with Gasteiger partial charge in [-0.15, -0.1) is 0 Å². The van der Waals surface area contributed by atoms with E-state index in [1.54, 1.807) is 13.8 Å². The van der Waals surface area contributed by atoms with Crippen molar-refractivity contribution in [3.05, 3.63) is 0 Å². The molecule has 1 unspecified atom stereocenters. The van der Waals surface area contributed by atoms with Gasteiger partial charge in [-0.05, 0) is 26.7 Å². The molecule has 0 bridgehead atoms. The van der Waals surface area contributed by atoms with E-state index in [4.69, 9.17) is 10.9 Å². The van der Waals surface area contributed by atoms with E-state index in [0.717, 1.165) is 0 Å². The van der Waals surface area contributed by atoms with Crippen molar-refractivity contribution in [3.8, 4) is 0 Å². The van der Waals surface area contributed by atoms with Gasteiger partial charge in [0.15, 0.2) is 5.84 Å². The number of nitrogens with one attached hydrogen (secondary N) is 1. The molecule has 1 aliphatic rings. The minimum atomic E-state index is -3.55. The Bertz CT molecular complexity index is 365. The highest BCUT2D eigenvalue weighted by molar-refractivity contribution is 7.87. The molecule has 8 heteroatoms. The van der Waals surface area contributed by atoms with Crippen molar-refractivity contribution in [2.75, 3.05) is 6.54 Å². The van der Waals surface area contributed by atoms with Gasteiger partial charge < -0.3 is 10.9 Å². The smallest absolute Gasteiger partial charge is 0.280 e. The van der Waals surface area contributed by atoms with Crippen LogP contribution >= 0.6 is 0 Å². The second-order valence-corrected chi connectivity index (χ2v) is 5.73. The summed E-state index contributed by atoms with van der Waals surface area (Å²) in [6, 6.07) is -0.722. The van der Waals surface area contributed by atoms with Crippen LogP contribution in [-0.2, 0) is 10.2 Å². The molecule has 0 aromatic rings. The second-order valence-electron chi connectivity index (χ2n) is 4.07. The summed E-state index contributed by atoms with van der Waals surface area (Å²) in [6.45, 7) is 3.88. The zero-order valence-electron chi connectivity index (χ0n) is 9.42. The third-order valence-electron chi connectivity index (χ3n) is 2.35. The summed E-state index contributed by atoms with van der Waals surface area (Å²) in [6.07, 6.45) is 1.29. The van der Waals surface area contributed by atoms with Crippen molar-refractivity contribution < 1.29 is 13.6 Å². The van der Waals surface area contributed by atoms with Crippen LogP contribution in [0, 0.1) is 0 Å². The van der Waals surface area contributed by atoms with Crippen LogP contribution in [0.15, 0.2) is 5.16 Å². The van der Waals surface area contributed by atoms with E-state index in [1.165, 1.54) is 4.31 Å². The number of hydrogen-bond acceptors (Lipinski definition) is 4. The van der Waals surface area contributed by atoms with Crippen LogP contribution in [-0.4, -0.2) is 42.4 Å². The molecule has 0 aromatic heterocycles. The number of rotatable bonds is 4. The number of hydrogen-bond donors (Lipinski definition) is 3. The average Bonchev–Trinajstić information content (AvgIpc) is 2.63. The molecule has 1 rings (SSSR count). The molecule has 0 spiro atoms. The molecule has 0 saturated carbocycles. The third-order valence-corrected chi connectivity index (χ3v) is 4.18. The fourth-order valence-electron chi connectivity index (χ4n) is 1.76. The highest BCUT2D eigenvalue weighted by atomic mass is 32.2. The molecule has 7 nitrogen and oxygen atoms in total. The van der Waals surface area contributed by atoms with Crippen molar-refractivity contribution in [2.45, 2.75) is 38.8 Å². The van der Waals surface area contributed by atoms with Crippen LogP contribution in [0.5, 0.6) is 0 Å². The first-order chi connectivity index (χ1) is 7.38. The summed E-state index contributed by atoms with van der Waals surface area (Å²) in [5, 5.41) is 11.5. The second kappa shape index (κ2) is 4.98. The molecule has 4 N–H and O–H groups in total. The molecule has 1 aliphatic heterocycles. The lowest BCUT2D eigenvalue weighted by Crippen LogP contribution is -2.50. The van der Waals surface area contributed by atoms with Crippen molar-refractivity contribution in [3.63, 3.8) is 0 Å². The minimum absolute atomic E-state index is 0.0633. The van der Waals surface area contributed by atoms with Gasteiger partial charge in [0.25, 0.3) is 10.2 Å². The topological polar surface area (TPSA) is 108 Å². The lowest BCUT2D eigenvalue weighted by atomic mass is 10.2. The van der Waals surface area contributed by atoms with Gasteiger partial charge in [-0.25, -0.2) is 0 Å². The van der Waals surface area contributed by atoms with E-state index in [1.807, 2.05) is 0 Å². The maximum Gasteiger partial charge on any atom is 0.280 e. The fraction of sp³-hybridized carbons (Fsp3) is 0.875. The Labute approximate surface area is 95.5 Å². The van der Waals surface area contributed by atoms with Crippen LogP contribution in [0.25, 0.3) is 0 Å². The van der Waals surface area contributed by atoms with Crippen LogP contribution in [0.4, 0.5) is 0 Å². The first kappa shape index (κ1) is 13.2. The van der Waals surface area contributed by atoms with Gasteiger partial charge in [0.1, 0.15) is 0 Å². The van der Waals surface area contributed by atoms with Crippen LogP contribution < -0.4 is 10.5 Å². The summed E-state index contributed by atoms with van der Waals surface area (Å²) < 4.78 is 27.5. The van der Waals surface area contributed by atoms with Gasteiger partial charge in [-0.3, -0.25) is 0 Å². The van der Waals surface area contributed by atoms with E-state index in [9.17, 15) is 8.42 Å². The largest absolute Gasteiger partial charge is 0.409 e. The Morgan fingerprint density at radius 2 is 2.25 bits per heavy atom. The van der Waals surface area contributed by atoms with E-state index in [2.05, 4.69) is 9.88 Å². The van der Waals surface area contributed by atoms with E-state index in [0.29, 0.717) is 19.4 Å². The molecule has 0 aliphatic carbocycles. The predicted molar refractivity (Wildman–Crippen MR) is 60.3 cm³/mol. The number of nitrogens with two attached hydrogens (primary N) is 1. The predicted octanol–water partition coefficient (Wildman–Crippen LogP) is -0.560. The molecule has 94 valence electrons. The van der Waals surface area contributed by atoms with Crippen molar-refractivity contribution in [1.29, 1.82) is 0 Å². The third kappa shape index (κ3) is 2.83.